The molecule has 0 atom stereocenters. The Bertz CT molecular complexity index is 2770. The average molecular weight is 748 g/mol. The van der Waals surface area contributed by atoms with E-state index in [1.807, 2.05) is 0 Å². The van der Waals surface area contributed by atoms with Gasteiger partial charge in [0.2, 0.25) is 0 Å². The van der Waals surface area contributed by atoms with Crippen LogP contribution >= 0.6 is 0 Å². The highest BCUT2D eigenvalue weighted by Crippen LogP contribution is 2.48. The van der Waals surface area contributed by atoms with Crippen molar-refractivity contribution in [1.29, 1.82) is 0 Å². The number of hydrogen-bond acceptors (Lipinski definition) is 1. The first-order chi connectivity index (χ1) is 28.2. The second-order valence-corrected chi connectivity index (χ2v) is 17.6. The van der Waals surface area contributed by atoms with Crippen molar-refractivity contribution < 1.29 is 0 Å². The van der Waals surface area contributed by atoms with Gasteiger partial charge in [-0.05, 0) is 133 Å². The minimum absolute atomic E-state index is 0.184. The van der Waals surface area contributed by atoms with Crippen LogP contribution < -0.4 is 4.90 Å². The van der Waals surface area contributed by atoms with E-state index >= 15 is 0 Å². The molecule has 2 aliphatic carbocycles. The summed E-state index contributed by atoms with van der Waals surface area (Å²) in [7, 11) is 0. The zero-order valence-electron chi connectivity index (χ0n) is 34.0. The van der Waals surface area contributed by atoms with Crippen molar-refractivity contribution in [2.45, 2.75) is 57.8 Å². The molecule has 2 aliphatic rings. The van der Waals surface area contributed by atoms with E-state index in [2.05, 4.69) is 221 Å². The van der Waals surface area contributed by atoms with E-state index < -0.39 is 0 Å². The molecule has 0 N–H and O–H groups in total. The van der Waals surface area contributed by atoms with E-state index in [1.54, 1.807) is 0 Å². The number of rotatable bonds is 7. The van der Waals surface area contributed by atoms with Gasteiger partial charge in [-0.3, -0.25) is 0 Å². The third kappa shape index (κ3) is 6.45. The van der Waals surface area contributed by atoms with Crippen LogP contribution in [0.5, 0.6) is 0 Å². The molecule has 0 aliphatic heterocycles. The highest BCUT2D eigenvalue weighted by Gasteiger charge is 2.37. The normalized spacial score (nSPS) is 14.6. The molecule has 0 unspecified atom stereocenters. The van der Waals surface area contributed by atoms with Crippen LogP contribution in [-0.4, -0.2) is 0 Å². The maximum absolute atomic E-state index is 2.49. The van der Waals surface area contributed by atoms with Gasteiger partial charge in [0.1, 0.15) is 0 Å². The monoisotopic (exact) mass is 747 g/mol. The molecular weight excluding hydrogens is 699 g/mol. The zero-order valence-corrected chi connectivity index (χ0v) is 34.0. The van der Waals surface area contributed by atoms with E-state index in [0.717, 1.165) is 23.5 Å². The van der Waals surface area contributed by atoms with Crippen LogP contribution in [0.4, 0.5) is 17.1 Å². The molecular formula is C57H49N. The van der Waals surface area contributed by atoms with Gasteiger partial charge in [-0.25, -0.2) is 0 Å². The first-order valence-corrected chi connectivity index (χ1v) is 20.8. The van der Waals surface area contributed by atoms with Gasteiger partial charge in [0.25, 0.3) is 0 Å². The minimum Gasteiger partial charge on any atom is -0.310 e. The fourth-order valence-corrected chi connectivity index (χ4v) is 9.53. The summed E-state index contributed by atoms with van der Waals surface area (Å²) in [6.45, 7) is 9.65. The summed E-state index contributed by atoms with van der Waals surface area (Å²) in [4.78, 5) is 2.44. The van der Waals surface area contributed by atoms with Gasteiger partial charge in [0.05, 0.1) is 5.69 Å². The Morgan fingerprint density at radius 1 is 0.345 bits per heavy atom. The van der Waals surface area contributed by atoms with Gasteiger partial charge in [0, 0.05) is 16.9 Å². The fourth-order valence-electron chi connectivity index (χ4n) is 9.53. The van der Waals surface area contributed by atoms with Crippen LogP contribution in [-0.2, 0) is 17.3 Å². The summed E-state index contributed by atoms with van der Waals surface area (Å²) in [5, 5.41) is 0. The molecule has 0 heterocycles. The summed E-state index contributed by atoms with van der Waals surface area (Å²) in [6, 6.07) is 69.6. The second-order valence-electron chi connectivity index (χ2n) is 17.6. The lowest BCUT2D eigenvalue weighted by molar-refractivity contribution is 0.332. The molecule has 1 heteroatoms. The number of fused-ring (bicyclic) bond motifs is 4. The van der Waals surface area contributed by atoms with Crippen LogP contribution in [0.1, 0.15) is 62.8 Å². The van der Waals surface area contributed by atoms with Crippen molar-refractivity contribution in [3.8, 4) is 55.6 Å². The number of benzene rings is 8. The number of anilines is 3. The van der Waals surface area contributed by atoms with E-state index in [4.69, 9.17) is 0 Å². The molecule has 0 bridgehead atoms. The summed E-state index contributed by atoms with van der Waals surface area (Å²) < 4.78 is 0. The van der Waals surface area contributed by atoms with Crippen LogP contribution in [0.25, 0.3) is 55.6 Å². The quantitative estimate of drug-likeness (QED) is 0.157. The standard InChI is InChI=1S/C57H49N/c1-56(2)33-34-57(3,4)54-38-45(26-32-53(54)56)44-25-30-50-46(35-44)36-47-37-49(29-31-51(47)50)58(55-18-12-11-17-52(55)43-15-9-6-10-16-43)48-27-23-42(24-28-48)41-21-19-40(20-22-41)39-13-7-5-8-14-39/h5-32,35,37-38H,33-34,36H2,1-4H3. The number of hydrogen-bond donors (Lipinski definition) is 0. The van der Waals surface area contributed by atoms with E-state index in [1.165, 1.54) is 90.7 Å². The molecule has 1 nitrogen and oxygen atoms in total. The van der Waals surface area contributed by atoms with Crippen molar-refractivity contribution >= 4 is 17.1 Å². The van der Waals surface area contributed by atoms with Gasteiger partial charge in [-0.15, -0.1) is 0 Å². The fraction of sp³-hybridized carbons (Fsp3) is 0.158. The van der Waals surface area contributed by atoms with Crippen LogP contribution in [0.3, 0.4) is 0 Å². The number of nitrogens with zero attached hydrogens (tertiary/aromatic N) is 1. The van der Waals surface area contributed by atoms with Gasteiger partial charge in [0.15, 0.2) is 0 Å². The Hall–Kier alpha value is -6.44. The molecule has 8 aromatic rings. The minimum atomic E-state index is 0.184. The Labute approximate surface area is 344 Å². The van der Waals surface area contributed by atoms with Gasteiger partial charge in [-0.1, -0.05) is 185 Å². The Morgan fingerprint density at radius 2 is 0.810 bits per heavy atom. The molecule has 58 heavy (non-hydrogen) atoms. The Morgan fingerprint density at radius 3 is 1.48 bits per heavy atom. The topological polar surface area (TPSA) is 3.24 Å². The Kier molecular flexibility index (Phi) is 8.79. The predicted molar refractivity (Wildman–Crippen MR) is 246 cm³/mol. The van der Waals surface area contributed by atoms with E-state index in [0.29, 0.717) is 0 Å². The van der Waals surface area contributed by atoms with Crippen LogP contribution in [0.15, 0.2) is 188 Å². The molecule has 0 fully saturated rings. The molecule has 10 rings (SSSR count). The van der Waals surface area contributed by atoms with Gasteiger partial charge < -0.3 is 4.90 Å². The summed E-state index contributed by atoms with van der Waals surface area (Å²) in [6.07, 6.45) is 3.37. The summed E-state index contributed by atoms with van der Waals surface area (Å²) in [5.41, 5.74) is 22.2. The van der Waals surface area contributed by atoms with Crippen molar-refractivity contribution in [3.63, 3.8) is 0 Å². The first kappa shape index (κ1) is 35.9. The SMILES string of the molecule is CC1(C)CCC(C)(C)c2cc(-c3ccc4c(c3)Cc3cc(N(c5ccc(-c6ccc(-c7ccccc7)cc6)cc5)c5ccccc5-c5ccccc5)ccc3-4)ccc21. The predicted octanol–water partition coefficient (Wildman–Crippen LogP) is 15.7. The zero-order chi connectivity index (χ0) is 39.4. The number of para-hydroxylation sites is 1. The lowest BCUT2D eigenvalue weighted by atomic mass is 9.63. The summed E-state index contributed by atoms with van der Waals surface area (Å²) in [5.74, 6) is 0. The van der Waals surface area contributed by atoms with Gasteiger partial charge in [-0.2, -0.15) is 0 Å². The lowest BCUT2D eigenvalue weighted by Gasteiger charge is -2.42. The maximum Gasteiger partial charge on any atom is 0.0540 e. The average Bonchev–Trinajstić information content (AvgIpc) is 3.64. The van der Waals surface area contributed by atoms with Crippen LogP contribution in [0, 0.1) is 0 Å². The van der Waals surface area contributed by atoms with Crippen molar-refractivity contribution in [3.05, 3.63) is 210 Å². The van der Waals surface area contributed by atoms with Gasteiger partial charge >= 0.3 is 0 Å². The molecule has 0 saturated heterocycles. The molecule has 0 spiro atoms. The second kappa shape index (κ2) is 14.2. The molecule has 0 saturated carbocycles. The molecule has 282 valence electrons. The summed E-state index contributed by atoms with van der Waals surface area (Å²) >= 11 is 0. The molecule has 0 amide bonds. The smallest absolute Gasteiger partial charge is 0.0540 e. The van der Waals surface area contributed by atoms with Crippen molar-refractivity contribution in [1.82, 2.24) is 0 Å². The highest BCUT2D eigenvalue weighted by molar-refractivity contribution is 5.90. The lowest BCUT2D eigenvalue weighted by Crippen LogP contribution is -2.33. The van der Waals surface area contributed by atoms with E-state index in [9.17, 15) is 0 Å². The van der Waals surface area contributed by atoms with Crippen LogP contribution in [0.2, 0.25) is 0 Å². The molecule has 0 aromatic heterocycles. The largest absolute Gasteiger partial charge is 0.310 e. The highest BCUT2D eigenvalue weighted by atomic mass is 15.1. The third-order valence-electron chi connectivity index (χ3n) is 13.0. The molecule has 8 aromatic carbocycles. The molecule has 0 radical (unpaired) electrons. The maximum atomic E-state index is 2.49. The Balaban J connectivity index is 1.01. The third-order valence-corrected chi connectivity index (χ3v) is 13.0. The van der Waals surface area contributed by atoms with Crippen molar-refractivity contribution in [2.75, 3.05) is 4.90 Å². The van der Waals surface area contributed by atoms with E-state index in [-0.39, 0.29) is 10.8 Å². The first-order valence-electron chi connectivity index (χ1n) is 20.8. The van der Waals surface area contributed by atoms with Crippen molar-refractivity contribution in [2.24, 2.45) is 0 Å².